The summed E-state index contributed by atoms with van der Waals surface area (Å²) in [4.78, 5) is 13.0. The number of benzene rings is 1. The van der Waals surface area contributed by atoms with Crippen molar-refractivity contribution in [3.8, 4) is 0 Å². The number of carbonyl (C=O) groups is 1. The predicted molar refractivity (Wildman–Crippen MR) is 72.4 cm³/mol. The second-order valence-corrected chi connectivity index (χ2v) is 4.98. The van der Waals surface area contributed by atoms with Gasteiger partial charge in [-0.1, -0.05) is 5.21 Å². The minimum Gasteiger partial charge on any atom is -0.478 e. The second kappa shape index (κ2) is 5.36. The Bertz CT molecular complexity index is 591. The number of rotatable bonds is 5. The van der Waals surface area contributed by atoms with Gasteiger partial charge in [-0.15, -0.1) is 5.10 Å². The highest BCUT2D eigenvalue weighted by Crippen LogP contribution is 2.19. The quantitative estimate of drug-likeness (QED) is 0.887. The molecule has 1 aromatic heterocycles. The largest absolute Gasteiger partial charge is 0.478 e. The molecule has 6 nitrogen and oxygen atoms in total. The maximum Gasteiger partial charge on any atom is 0.335 e. The van der Waals surface area contributed by atoms with Gasteiger partial charge in [0.1, 0.15) is 5.52 Å². The highest BCUT2D eigenvalue weighted by molar-refractivity contribution is 5.92. The van der Waals surface area contributed by atoms with Crippen LogP contribution in [0.2, 0.25) is 0 Å². The van der Waals surface area contributed by atoms with Crippen LogP contribution < -0.4 is 0 Å². The molecule has 2 rings (SSSR count). The fraction of sp³-hybridized carbons (Fsp3) is 0.462. The number of hydrogen-bond acceptors (Lipinski definition) is 4. The van der Waals surface area contributed by atoms with Crippen LogP contribution in [-0.2, 0) is 0 Å². The summed E-state index contributed by atoms with van der Waals surface area (Å²) >= 11 is 0. The number of carboxylic acids is 1. The van der Waals surface area contributed by atoms with E-state index in [1.54, 1.807) is 18.2 Å². The molecule has 0 bridgehead atoms. The molecular weight excluding hydrogens is 244 g/mol. The van der Waals surface area contributed by atoms with Crippen molar-refractivity contribution in [3.05, 3.63) is 23.8 Å². The lowest BCUT2D eigenvalue weighted by Crippen LogP contribution is -2.18. The Morgan fingerprint density at radius 3 is 2.84 bits per heavy atom. The van der Waals surface area contributed by atoms with E-state index in [2.05, 4.69) is 22.1 Å². The molecule has 0 radical (unpaired) electrons. The molecule has 0 amide bonds. The SMILES string of the molecule is CC(CCN(C)C)n1nnc2cc(C(=O)O)ccc21. The van der Waals surface area contributed by atoms with Gasteiger partial charge < -0.3 is 10.0 Å². The van der Waals surface area contributed by atoms with Crippen LogP contribution in [0.25, 0.3) is 11.0 Å². The summed E-state index contributed by atoms with van der Waals surface area (Å²) in [5.41, 5.74) is 1.73. The minimum absolute atomic E-state index is 0.225. The molecule has 102 valence electrons. The lowest BCUT2D eigenvalue weighted by Gasteiger charge is -2.15. The van der Waals surface area contributed by atoms with Crippen LogP contribution in [0.15, 0.2) is 18.2 Å². The number of carboxylic acid groups (broad SMARTS) is 1. The first kappa shape index (κ1) is 13.5. The number of fused-ring (bicyclic) bond motifs is 1. The second-order valence-electron chi connectivity index (χ2n) is 4.98. The third-order valence-electron chi connectivity index (χ3n) is 3.13. The predicted octanol–water partition coefficient (Wildman–Crippen LogP) is 1.64. The fourth-order valence-electron chi connectivity index (χ4n) is 1.97. The van der Waals surface area contributed by atoms with E-state index in [0.29, 0.717) is 5.52 Å². The van der Waals surface area contributed by atoms with Crippen molar-refractivity contribution < 1.29 is 9.90 Å². The van der Waals surface area contributed by atoms with Gasteiger partial charge in [0.25, 0.3) is 0 Å². The molecule has 0 aliphatic heterocycles. The molecule has 1 unspecified atom stereocenters. The summed E-state index contributed by atoms with van der Waals surface area (Å²) in [5.74, 6) is -0.947. The van der Waals surface area contributed by atoms with Gasteiger partial charge in [-0.05, 0) is 52.2 Å². The van der Waals surface area contributed by atoms with Crippen molar-refractivity contribution in [2.75, 3.05) is 20.6 Å². The highest BCUT2D eigenvalue weighted by atomic mass is 16.4. The Kier molecular flexibility index (Phi) is 3.80. The number of hydrogen-bond donors (Lipinski definition) is 1. The van der Waals surface area contributed by atoms with Crippen LogP contribution in [0, 0.1) is 0 Å². The molecule has 2 aromatic rings. The highest BCUT2D eigenvalue weighted by Gasteiger charge is 2.13. The molecule has 1 heterocycles. The van der Waals surface area contributed by atoms with E-state index in [1.165, 1.54) is 0 Å². The number of nitrogens with zero attached hydrogens (tertiary/aromatic N) is 4. The van der Waals surface area contributed by atoms with E-state index < -0.39 is 5.97 Å². The smallest absolute Gasteiger partial charge is 0.335 e. The Morgan fingerprint density at radius 1 is 1.47 bits per heavy atom. The van der Waals surface area contributed by atoms with E-state index in [-0.39, 0.29) is 11.6 Å². The third-order valence-corrected chi connectivity index (χ3v) is 3.13. The zero-order valence-electron chi connectivity index (χ0n) is 11.4. The normalized spacial score (nSPS) is 13.1. The topological polar surface area (TPSA) is 71.2 Å². The van der Waals surface area contributed by atoms with Crippen molar-refractivity contribution >= 4 is 17.0 Å². The van der Waals surface area contributed by atoms with Crippen LogP contribution in [0.5, 0.6) is 0 Å². The summed E-state index contributed by atoms with van der Waals surface area (Å²) in [7, 11) is 4.07. The van der Waals surface area contributed by atoms with Crippen LogP contribution in [-0.4, -0.2) is 51.6 Å². The zero-order chi connectivity index (χ0) is 14.0. The maximum atomic E-state index is 10.9. The third kappa shape index (κ3) is 2.90. The lowest BCUT2D eigenvalue weighted by molar-refractivity contribution is 0.0697. The van der Waals surface area contributed by atoms with Crippen LogP contribution >= 0.6 is 0 Å². The Labute approximate surface area is 111 Å². The average molecular weight is 262 g/mol. The van der Waals surface area contributed by atoms with Crippen molar-refractivity contribution in [2.45, 2.75) is 19.4 Å². The van der Waals surface area contributed by atoms with Crippen LogP contribution in [0.4, 0.5) is 0 Å². The van der Waals surface area contributed by atoms with Crippen molar-refractivity contribution in [1.29, 1.82) is 0 Å². The minimum atomic E-state index is -0.947. The molecule has 6 heteroatoms. The first-order valence-electron chi connectivity index (χ1n) is 6.22. The molecule has 19 heavy (non-hydrogen) atoms. The molecule has 0 spiro atoms. The van der Waals surface area contributed by atoms with Gasteiger partial charge in [0, 0.05) is 0 Å². The van der Waals surface area contributed by atoms with Gasteiger partial charge >= 0.3 is 5.97 Å². The maximum absolute atomic E-state index is 10.9. The molecule has 0 saturated heterocycles. The zero-order valence-corrected chi connectivity index (χ0v) is 11.4. The van der Waals surface area contributed by atoms with Crippen molar-refractivity contribution in [3.63, 3.8) is 0 Å². The molecular formula is C13H18N4O2. The summed E-state index contributed by atoms with van der Waals surface area (Å²) < 4.78 is 1.85. The summed E-state index contributed by atoms with van der Waals surface area (Å²) in [6.07, 6.45) is 0.964. The summed E-state index contributed by atoms with van der Waals surface area (Å²) in [5, 5.41) is 17.1. The van der Waals surface area contributed by atoms with Gasteiger partial charge in [-0.25, -0.2) is 9.48 Å². The molecule has 1 N–H and O–H groups in total. The first-order valence-corrected chi connectivity index (χ1v) is 6.22. The Hall–Kier alpha value is -1.95. The monoisotopic (exact) mass is 262 g/mol. The van der Waals surface area contributed by atoms with Gasteiger partial charge in [0.2, 0.25) is 0 Å². The average Bonchev–Trinajstić information content (AvgIpc) is 2.78. The van der Waals surface area contributed by atoms with E-state index in [1.807, 2.05) is 18.8 Å². The molecule has 0 fully saturated rings. The molecule has 0 aliphatic rings. The Morgan fingerprint density at radius 2 is 2.21 bits per heavy atom. The molecule has 1 atom stereocenters. The van der Waals surface area contributed by atoms with Crippen molar-refractivity contribution in [1.82, 2.24) is 19.9 Å². The van der Waals surface area contributed by atoms with E-state index >= 15 is 0 Å². The summed E-state index contributed by atoms with van der Waals surface area (Å²) in [6, 6.07) is 5.14. The van der Waals surface area contributed by atoms with E-state index in [9.17, 15) is 4.79 Å². The van der Waals surface area contributed by atoms with Crippen LogP contribution in [0.3, 0.4) is 0 Å². The molecule has 0 aliphatic carbocycles. The fourth-order valence-corrected chi connectivity index (χ4v) is 1.97. The summed E-state index contributed by atoms with van der Waals surface area (Å²) in [6.45, 7) is 3.05. The van der Waals surface area contributed by atoms with Crippen LogP contribution in [0.1, 0.15) is 29.7 Å². The number of aromatic carboxylic acids is 1. The van der Waals surface area contributed by atoms with Crippen molar-refractivity contribution in [2.24, 2.45) is 0 Å². The lowest BCUT2D eigenvalue weighted by atomic mass is 10.2. The molecule has 1 aromatic carbocycles. The Balaban J connectivity index is 2.27. The number of aromatic nitrogens is 3. The molecule has 0 saturated carbocycles. The standard InChI is InChI=1S/C13H18N4O2/c1-9(6-7-16(2)3)17-12-5-4-10(13(18)19)8-11(12)14-15-17/h4-5,8-9H,6-7H2,1-3H3,(H,18,19). The van der Waals surface area contributed by atoms with Gasteiger partial charge in [-0.3, -0.25) is 0 Å². The van der Waals surface area contributed by atoms with Gasteiger partial charge in [-0.2, -0.15) is 0 Å². The first-order chi connectivity index (χ1) is 8.99. The van der Waals surface area contributed by atoms with Gasteiger partial charge in [0.05, 0.1) is 17.1 Å². The van der Waals surface area contributed by atoms with E-state index in [0.717, 1.165) is 18.5 Å². The van der Waals surface area contributed by atoms with E-state index in [4.69, 9.17) is 5.11 Å². The van der Waals surface area contributed by atoms with Gasteiger partial charge in [0.15, 0.2) is 0 Å².